The summed E-state index contributed by atoms with van der Waals surface area (Å²) in [5.41, 5.74) is 2.34. The third-order valence-corrected chi connectivity index (χ3v) is 4.37. The fraction of sp³-hybridized carbons (Fsp3) is 0.304. The first-order valence-electron chi connectivity index (χ1n) is 10.2. The predicted octanol–water partition coefficient (Wildman–Crippen LogP) is 3.80. The van der Waals surface area contributed by atoms with Crippen LogP contribution in [0.1, 0.15) is 38.2 Å². The van der Waals surface area contributed by atoms with Crippen molar-refractivity contribution < 1.29 is 19.1 Å². The first-order chi connectivity index (χ1) is 15.0. The molecule has 2 amide bonds. The Labute approximate surface area is 187 Å². The van der Waals surface area contributed by atoms with Crippen molar-refractivity contribution in [1.82, 2.24) is 5.32 Å². The van der Waals surface area contributed by atoms with Crippen LogP contribution in [0.5, 0.6) is 0 Å². The number of hydrogen-bond acceptors (Lipinski definition) is 5. The quantitative estimate of drug-likeness (QED) is 0.383. The number of carbonyl (C=O) groups excluding carboxylic acids is 3. The Hall–Kier alpha value is -3.26. The van der Waals surface area contributed by atoms with Gasteiger partial charge in [-0.15, -0.1) is 0 Å². The lowest BCUT2D eigenvalue weighted by Crippen LogP contribution is -2.34. The van der Waals surface area contributed by atoms with Crippen LogP contribution in [0.3, 0.4) is 0 Å². The van der Waals surface area contributed by atoms with Crippen LogP contribution in [-0.2, 0) is 25.5 Å². The smallest absolute Gasteiger partial charge is 0.306 e. The number of rotatable bonds is 10. The molecule has 2 rings (SSSR count). The SMILES string of the molecule is CCCOC(=O)CCC(=O)NC(=S)Nc1cccc(NC(=O)CCc2ccccc2)c1. The van der Waals surface area contributed by atoms with E-state index < -0.39 is 5.97 Å². The van der Waals surface area contributed by atoms with Crippen LogP contribution in [0.4, 0.5) is 11.4 Å². The lowest BCUT2D eigenvalue weighted by atomic mass is 10.1. The van der Waals surface area contributed by atoms with Gasteiger partial charge in [-0.3, -0.25) is 14.4 Å². The summed E-state index contributed by atoms with van der Waals surface area (Å²) in [5, 5.41) is 8.39. The van der Waals surface area contributed by atoms with E-state index in [1.807, 2.05) is 37.3 Å². The van der Waals surface area contributed by atoms with E-state index in [4.69, 9.17) is 17.0 Å². The highest BCUT2D eigenvalue weighted by atomic mass is 32.1. The zero-order valence-corrected chi connectivity index (χ0v) is 18.3. The second kappa shape index (κ2) is 13.1. The molecule has 31 heavy (non-hydrogen) atoms. The highest BCUT2D eigenvalue weighted by Gasteiger charge is 2.10. The van der Waals surface area contributed by atoms with E-state index in [1.54, 1.807) is 24.3 Å². The number of anilines is 2. The summed E-state index contributed by atoms with van der Waals surface area (Å²) in [6.45, 7) is 2.24. The number of esters is 1. The Balaban J connectivity index is 1.76. The number of benzene rings is 2. The van der Waals surface area contributed by atoms with E-state index in [-0.39, 0.29) is 29.8 Å². The van der Waals surface area contributed by atoms with Crippen LogP contribution in [0, 0.1) is 0 Å². The molecule has 2 aromatic carbocycles. The summed E-state index contributed by atoms with van der Waals surface area (Å²) < 4.78 is 4.93. The van der Waals surface area contributed by atoms with E-state index in [2.05, 4.69) is 16.0 Å². The monoisotopic (exact) mass is 441 g/mol. The van der Waals surface area contributed by atoms with Crippen molar-refractivity contribution in [3.63, 3.8) is 0 Å². The molecule has 7 nitrogen and oxygen atoms in total. The van der Waals surface area contributed by atoms with Gasteiger partial charge in [0.1, 0.15) is 0 Å². The van der Waals surface area contributed by atoms with E-state index in [1.165, 1.54) is 0 Å². The first kappa shape index (κ1) is 24.0. The Kier molecular flexibility index (Phi) is 10.2. The summed E-state index contributed by atoms with van der Waals surface area (Å²) in [5.74, 6) is -0.880. The highest BCUT2D eigenvalue weighted by Crippen LogP contribution is 2.16. The summed E-state index contributed by atoms with van der Waals surface area (Å²) in [7, 11) is 0. The second-order valence-electron chi connectivity index (χ2n) is 6.84. The molecular formula is C23H27N3O4S. The second-order valence-corrected chi connectivity index (χ2v) is 7.25. The van der Waals surface area contributed by atoms with Crippen molar-refractivity contribution in [3.8, 4) is 0 Å². The van der Waals surface area contributed by atoms with Gasteiger partial charge in [0, 0.05) is 24.2 Å². The fourth-order valence-corrected chi connectivity index (χ4v) is 2.89. The van der Waals surface area contributed by atoms with Crippen molar-refractivity contribution >= 4 is 46.5 Å². The largest absolute Gasteiger partial charge is 0.466 e. The minimum atomic E-state index is -0.411. The molecule has 0 saturated heterocycles. The molecule has 0 aliphatic rings. The van der Waals surface area contributed by atoms with Gasteiger partial charge in [0.05, 0.1) is 13.0 Å². The summed E-state index contributed by atoms with van der Waals surface area (Å²) in [6, 6.07) is 16.8. The van der Waals surface area contributed by atoms with Crippen LogP contribution >= 0.6 is 12.2 Å². The van der Waals surface area contributed by atoms with Crippen LogP contribution in [-0.4, -0.2) is 29.5 Å². The van der Waals surface area contributed by atoms with Gasteiger partial charge in [0.25, 0.3) is 0 Å². The average Bonchev–Trinajstić information content (AvgIpc) is 2.75. The van der Waals surface area contributed by atoms with E-state index in [9.17, 15) is 14.4 Å². The molecule has 0 bridgehead atoms. The molecular weight excluding hydrogens is 414 g/mol. The van der Waals surface area contributed by atoms with Crippen LogP contribution in [0.2, 0.25) is 0 Å². The number of carbonyl (C=O) groups is 3. The average molecular weight is 442 g/mol. The molecule has 0 fully saturated rings. The lowest BCUT2D eigenvalue weighted by molar-refractivity contribution is -0.144. The number of thiocarbonyl (C=S) groups is 1. The molecule has 0 atom stereocenters. The molecule has 0 saturated carbocycles. The van der Waals surface area contributed by atoms with Gasteiger partial charge in [-0.2, -0.15) is 0 Å². The normalized spacial score (nSPS) is 10.1. The third-order valence-electron chi connectivity index (χ3n) is 4.16. The number of amides is 2. The number of nitrogens with one attached hydrogen (secondary N) is 3. The van der Waals surface area contributed by atoms with Gasteiger partial charge < -0.3 is 20.7 Å². The standard InChI is InChI=1S/C23H27N3O4S/c1-2-15-30-22(29)14-13-21(28)26-23(31)25-19-10-6-9-18(16-19)24-20(27)12-11-17-7-4-3-5-8-17/h3-10,16H,2,11-15H2,1H3,(H,24,27)(H2,25,26,28,31). The Morgan fingerprint density at radius 3 is 2.29 bits per heavy atom. The summed E-state index contributed by atoms with van der Waals surface area (Å²) in [6.07, 6.45) is 1.75. The van der Waals surface area contributed by atoms with Gasteiger partial charge in [-0.25, -0.2) is 0 Å². The molecule has 2 aromatic rings. The maximum atomic E-state index is 12.2. The Morgan fingerprint density at radius 2 is 1.58 bits per heavy atom. The van der Waals surface area contributed by atoms with Gasteiger partial charge in [0.15, 0.2) is 5.11 Å². The van der Waals surface area contributed by atoms with E-state index in [0.717, 1.165) is 12.0 Å². The van der Waals surface area contributed by atoms with Crippen molar-refractivity contribution in [1.29, 1.82) is 0 Å². The van der Waals surface area contributed by atoms with E-state index in [0.29, 0.717) is 30.8 Å². The van der Waals surface area contributed by atoms with Crippen LogP contribution in [0.15, 0.2) is 54.6 Å². The zero-order chi connectivity index (χ0) is 22.5. The predicted molar refractivity (Wildman–Crippen MR) is 125 cm³/mol. The van der Waals surface area contributed by atoms with Crippen molar-refractivity contribution in [2.24, 2.45) is 0 Å². The molecule has 0 aromatic heterocycles. The van der Waals surface area contributed by atoms with Crippen LogP contribution in [0.25, 0.3) is 0 Å². The Bertz CT molecular complexity index is 903. The molecule has 0 spiro atoms. The maximum Gasteiger partial charge on any atom is 0.306 e. The van der Waals surface area contributed by atoms with Gasteiger partial charge in [0.2, 0.25) is 11.8 Å². The number of hydrogen-bond donors (Lipinski definition) is 3. The van der Waals surface area contributed by atoms with Gasteiger partial charge >= 0.3 is 5.97 Å². The van der Waals surface area contributed by atoms with Gasteiger partial charge in [-0.05, 0) is 48.8 Å². The first-order valence-corrected chi connectivity index (χ1v) is 10.6. The van der Waals surface area contributed by atoms with Crippen molar-refractivity contribution in [2.45, 2.75) is 39.0 Å². The third kappa shape index (κ3) is 9.86. The molecule has 3 N–H and O–H groups in total. The summed E-state index contributed by atoms with van der Waals surface area (Å²) >= 11 is 5.14. The molecule has 0 aliphatic heterocycles. The lowest BCUT2D eigenvalue weighted by Gasteiger charge is -2.11. The highest BCUT2D eigenvalue weighted by molar-refractivity contribution is 7.80. The number of ether oxygens (including phenoxy) is 1. The molecule has 0 unspecified atom stereocenters. The molecule has 0 aliphatic carbocycles. The van der Waals surface area contributed by atoms with Crippen LogP contribution < -0.4 is 16.0 Å². The van der Waals surface area contributed by atoms with Crippen molar-refractivity contribution in [3.05, 3.63) is 60.2 Å². The molecule has 0 radical (unpaired) electrons. The molecule has 0 heterocycles. The number of aryl methyl sites for hydroxylation is 1. The topological polar surface area (TPSA) is 96.5 Å². The minimum Gasteiger partial charge on any atom is -0.466 e. The van der Waals surface area contributed by atoms with Crippen molar-refractivity contribution in [2.75, 3.05) is 17.2 Å². The van der Waals surface area contributed by atoms with Gasteiger partial charge in [-0.1, -0.05) is 43.3 Å². The molecule has 164 valence electrons. The summed E-state index contributed by atoms with van der Waals surface area (Å²) in [4.78, 5) is 35.6. The maximum absolute atomic E-state index is 12.2. The molecule has 8 heteroatoms. The van der Waals surface area contributed by atoms with E-state index >= 15 is 0 Å². The zero-order valence-electron chi connectivity index (χ0n) is 17.5. The minimum absolute atomic E-state index is 0.00105. The Morgan fingerprint density at radius 1 is 0.871 bits per heavy atom. The fourth-order valence-electron chi connectivity index (χ4n) is 2.66.